The van der Waals surface area contributed by atoms with E-state index in [0.717, 1.165) is 18.9 Å². The number of aliphatic hydroxyl groups is 1. The molecule has 4 nitrogen and oxygen atoms in total. The van der Waals surface area contributed by atoms with Crippen LogP contribution >= 0.6 is 0 Å². The summed E-state index contributed by atoms with van der Waals surface area (Å²) in [5.74, 6) is 0.890. The molecule has 0 aliphatic heterocycles. The van der Waals surface area contributed by atoms with Gasteiger partial charge in [-0.05, 0) is 25.1 Å². The zero-order chi connectivity index (χ0) is 12.0. The van der Waals surface area contributed by atoms with Gasteiger partial charge in [-0.1, -0.05) is 13.0 Å². The summed E-state index contributed by atoms with van der Waals surface area (Å²) in [7, 11) is 1.93. The van der Waals surface area contributed by atoms with Crippen LogP contribution in [0, 0.1) is 0 Å². The number of pyridine rings is 1. The first-order chi connectivity index (χ1) is 7.63. The molecule has 2 N–H and O–H groups in total. The van der Waals surface area contributed by atoms with E-state index in [1.807, 2.05) is 24.2 Å². The largest absolute Gasteiger partial charge is 0.392 e. The minimum absolute atomic E-state index is 0.340. The van der Waals surface area contributed by atoms with Crippen molar-refractivity contribution < 1.29 is 5.11 Å². The summed E-state index contributed by atoms with van der Waals surface area (Å²) in [6.45, 7) is 6.27. The molecule has 0 fully saturated rings. The molecule has 0 amide bonds. The van der Waals surface area contributed by atoms with Gasteiger partial charge in [-0.15, -0.1) is 0 Å². The number of nitrogens with one attached hydrogen (secondary N) is 1. The lowest BCUT2D eigenvalue weighted by atomic mass is 10.2. The average Bonchev–Trinajstić information content (AvgIpc) is 2.26. The van der Waals surface area contributed by atoms with E-state index < -0.39 is 0 Å². The van der Waals surface area contributed by atoms with Crippen LogP contribution in [0.2, 0.25) is 0 Å². The molecule has 0 bridgehead atoms. The Labute approximate surface area is 97.3 Å². The molecule has 16 heavy (non-hydrogen) atoms. The third-order valence-corrected chi connectivity index (χ3v) is 2.32. The van der Waals surface area contributed by atoms with Gasteiger partial charge in [0.15, 0.2) is 0 Å². The van der Waals surface area contributed by atoms with Crippen LogP contribution < -0.4 is 10.2 Å². The lowest BCUT2D eigenvalue weighted by Gasteiger charge is -2.19. The summed E-state index contributed by atoms with van der Waals surface area (Å²) >= 11 is 0. The van der Waals surface area contributed by atoms with Gasteiger partial charge in [0.05, 0.1) is 6.10 Å². The van der Waals surface area contributed by atoms with Gasteiger partial charge < -0.3 is 15.3 Å². The topological polar surface area (TPSA) is 48.4 Å². The molecule has 0 radical (unpaired) electrons. The van der Waals surface area contributed by atoms with E-state index in [2.05, 4.69) is 23.3 Å². The van der Waals surface area contributed by atoms with Crippen LogP contribution in [0.4, 0.5) is 5.82 Å². The number of aliphatic hydroxyl groups excluding tert-OH is 1. The summed E-state index contributed by atoms with van der Waals surface area (Å²) < 4.78 is 0. The molecule has 0 aromatic carbocycles. The number of hydrogen-bond acceptors (Lipinski definition) is 4. The van der Waals surface area contributed by atoms with Crippen molar-refractivity contribution in [3.63, 3.8) is 0 Å². The van der Waals surface area contributed by atoms with Crippen molar-refractivity contribution in [2.24, 2.45) is 0 Å². The van der Waals surface area contributed by atoms with Gasteiger partial charge in [-0.25, -0.2) is 4.98 Å². The van der Waals surface area contributed by atoms with Gasteiger partial charge >= 0.3 is 0 Å². The lowest BCUT2D eigenvalue weighted by molar-refractivity contribution is 0.201. The highest BCUT2D eigenvalue weighted by atomic mass is 16.3. The number of likely N-dealkylation sites (N-methyl/N-ethyl adjacent to an activating group) is 1. The van der Waals surface area contributed by atoms with Crippen LogP contribution in [0.1, 0.15) is 19.4 Å². The van der Waals surface area contributed by atoms with Crippen molar-refractivity contribution in [3.8, 4) is 0 Å². The van der Waals surface area contributed by atoms with Gasteiger partial charge in [0.1, 0.15) is 5.82 Å². The maximum atomic E-state index is 9.28. The zero-order valence-electron chi connectivity index (χ0n) is 10.3. The molecule has 0 aliphatic carbocycles. The van der Waals surface area contributed by atoms with Crippen LogP contribution in [-0.4, -0.2) is 36.3 Å². The molecule has 0 spiro atoms. The molecule has 4 heteroatoms. The van der Waals surface area contributed by atoms with Gasteiger partial charge in [-0.2, -0.15) is 0 Å². The number of rotatable bonds is 6. The molecule has 0 saturated carbocycles. The van der Waals surface area contributed by atoms with E-state index in [4.69, 9.17) is 0 Å². The van der Waals surface area contributed by atoms with Crippen LogP contribution in [0.25, 0.3) is 0 Å². The van der Waals surface area contributed by atoms with Crippen molar-refractivity contribution in [1.82, 2.24) is 10.3 Å². The molecule has 1 atom stereocenters. The summed E-state index contributed by atoms with van der Waals surface area (Å²) in [5.41, 5.74) is 1.18. The quantitative estimate of drug-likeness (QED) is 0.755. The van der Waals surface area contributed by atoms with Crippen molar-refractivity contribution in [1.29, 1.82) is 0 Å². The Hall–Kier alpha value is -1.13. The number of nitrogens with zero attached hydrogens (tertiary/aromatic N) is 2. The number of anilines is 1. The van der Waals surface area contributed by atoms with Gasteiger partial charge in [0, 0.05) is 26.3 Å². The molecule has 1 unspecified atom stereocenters. The number of hydrogen-bond donors (Lipinski definition) is 2. The second-order valence-corrected chi connectivity index (χ2v) is 4.03. The average molecular weight is 223 g/mol. The molecule has 90 valence electrons. The zero-order valence-corrected chi connectivity index (χ0v) is 10.3. The van der Waals surface area contributed by atoms with E-state index in [1.54, 1.807) is 6.92 Å². The predicted molar refractivity (Wildman–Crippen MR) is 66.6 cm³/mol. The van der Waals surface area contributed by atoms with Crippen molar-refractivity contribution >= 4 is 5.82 Å². The highest BCUT2D eigenvalue weighted by molar-refractivity contribution is 5.38. The first-order valence-electron chi connectivity index (χ1n) is 5.68. The van der Waals surface area contributed by atoms with E-state index in [1.165, 1.54) is 5.56 Å². The van der Waals surface area contributed by atoms with E-state index >= 15 is 0 Å². The fraction of sp³-hybridized carbons (Fsp3) is 0.583. The Balaban J connectivity index is 2.56. The second-order valence-electron chi connectivity index (χ2n) is 4.03. The Morgan fingerprint density at radius 3 is 2.75 bits per heavy atom. The van der Waals surface area contributed by atoms with Crippen molar-refractivity contribution in [2.45, 2.75) is 26.5 Å². The van der Waals surface area contributed by atoms with E-state index in [0.29, 0.717) is 6.54 Å². The maximum Gasteiger partial charge on any atom is 0.128 e. The molecular weight excluding hydrogens is 202 g/mol. The summed E-state index contributed by atoms with van der Waals surface area (Å²) in [4.78, 5) is 6.31. The number of aromatic nitrogens is 1. The maximum absolute atomic E-state index is 9.28. The molecular formula is C12H21N3O. The summed E-state index contributed by atoms with van der Waals surface area (Å²) in [5, 5.41) is 12.5. The Kier molecular flexibility index (Phi) is 5.22. The first kappa shape index (κ1) is 12.9. The second kappa shape index (κ2) is 6.45. The van der Waals surface area contributed by atoms with Gasteiger partial charge in [-0.3, -0.25) is 0 Å². The van der Waals surface area contributed by atoms with Crippen LogP contribution in [0.15, 0.2) is 18.3 Å². The van der Waals surface area contributed by atoms with Gasteiger partial charge in [0.25, 0.3) is 0 Å². The van der Waals surface area contributed by atoms with Crippen LogP contribution in [-0.2, 0) is 6.54 Å². The van der Waals surface area contributed by atoms with Gasteiger partial charge in [0.2, 0.25) is 0 Å². The Morgan fingerprint density at radius 1 is 1.50 bits per heavy atom. The van der Waals surface area contributed by atoms with Crippen LogP contribution in [0.5, 0.6) is 0 Å². The van der Waals surface area contributed by atoms with Crippen molar-refractivity contribution in [2.75, 3.05) is 25.0 Å². The summed E-state index contributed by atoms with van der Waals surface area (Å²) in [6.07, 6.45) is 1.53. The minimum atomic E-state index is -0.340. The third-order valence-electron chi connectivity index (χ3n) is 2.32. The smallest absolute Gasteiger partial charge is 0.128 e. The molecule has 0 aliphatic rings. The fourth-order valence-electron chi connectivity index (χ4n) is 1.51. The molecule has 1 heterocycles. The highest BCUT2D eigenvalue weighted by Gasteiger charge is 2.05. The van der Waals surface area contributed by atoms with Crippen LogP contribution in [0.3, 0.4) is 0 Å². The summed E-state index contributed by atoms with van der Waals surface area (Å²) in [6, 6.07) is 4.04. The van der Waals surface area contributed by atoms with Crippen molar-refractivity contribution in [3.05, 3.63) is 23.9 Å². The molecule has 1 aromatic heterocycles. The SMILES string of the molecule is CCNCc1ccc(N(C)CC(C)O)nc1. The molecule has 1 rings (SSSR count). The highest BCUT2D eigenvalue weighted by Crippen LogP contribution is 2.09. The van der Waals surface area contributed by atoms with E-state index in [9.17, 15) is 5.11 Å². The fourth-order valence-corrected chi connectivity index (χ4v) is 1.51. The molecule has 1 aromatic rings. The van der Waals surface area contributed by atoms with E-state index in [-0.39, 0.29) is 6.10 Å². The lowest BCUT2D eigenvalue weighted by Crippen LogP contribution is -2.27. The Morgan fingerprint density at radius 2 is 2.25 bits per heavy atom. The first-order valence-corrected chi connectivity index (χ1v) is 5.68. The molecule has 0 saturated heterocycles. The predicted octanol–water partition coefficient (Wildman–Crippen LogP) is 1.01. The standard InChI is InChI=1S/C12H21N3O/c1-4-13-7-11-5-6-12(14-8-11)15(3)9-10(2)16/h5-6,8,10,13,16H,4,7,9H2,1-3H3. The monoisotopic (exact) mass is 223 g/mol. The minimum Gasteiger partial charge on any atom is -0.392 e. The normalized spacial score (nSPS) is 12.5. The third kappa shape index (κ3) is 4.16. The Bertz CT molecular complexity index is 298.